The molecule has 14 heavy (non-hydrogen) atoms. The van der Waals surface area contributed by atoms with Crippen molar-refractivity contribution in [2.45, 2.75) is 64.3 Å². The van der Waals surface area contributed by atoms with Crippen molar-refractivity contribution in [2.24, 2.45) is 5.92 Å². The van der Waals surface area contributed by atoms with E-state index in [2.05, 4.69) is 13.8 Å². The molecule has 0 N–H and O–H groups in total. The summed E-state index contributed by atoms with van der Waals surface area (Å²) < 4.78 is 11.9. The van der Waals surface area contributed by atoms with Crippen LogP contribution in [0.3, 0.4) is 0 Å². The van der Waals surface area contributed by atoms with E-state index in [0.29, 0.717) is 6.10 Å². The van der Waals surface area contributed by atoms with E-state index in [1.165, 1.54) is 25.7 Å². The van der Waals surface area contributed by atoms with E-state index in [1.54, 1.807) is 0 Å². The van der Waals surface area contributed by atoms with Gasteiger partial charge in [-0.05, 0) is 32.1 Å². The first kappa shape index (κ1) is 10.4. The van der Waals surface area contributed by atoms with Crippen molar-refractivity contribution in [1.82, 2.24) is 0 Å². The van der Waals surface area contributed by atoms with Crippen LogP contribution in [-0.2, 0) is 9.47 Å². The Morgan fingerprint density at radius 1 is 1.29 bits per heavy atom. The van der Waals surface area contributed by atoms with Gasteiger partial charge in [0.1, 0.15) is 0 Å². The number of hydrogen-bond acceptors (Lipinski definition) is 2. The summed E-state index contributed by atoms with van der Waals surface area (Å²) in [5.74, 6) is 0.574. The normalized spacial score (nSPS) is 44.1. The van der Waals surface area contributed by atoms with Gasteiger partial charge in [-0.2, -0.15) is 0 Å². The minimum absolute atomic E-state index is 0.191. The summed E-state index contributed by atoms with van der Waals surface area (Å²) in [7, 11) is 0. The largest absolute Gasteiger partial charge is 0.350 e. The topological polar surface area (TPSA) is 18.5 Å². The van der Waals surface area contributed by atoms with Crippen molar-refractivity contribution >= 4 is 0 Å². The summed E-state index contributed by atoms with van der Waals surface area (Å²) in [5.41, 5.74) is 0. The second-order valence-corrected chi connectivity index (χ2v) is 4.86. The standard InChI is InChI=1S/C12H22O2/c1-3-11-6-8-12(13-9-11)7-4-5-10(2)14-12/h10-11H,3-9H2,1-2H3. The monoisotopic (exact) mass is 198 g/mol. The highest BCUT2D eigenvalue weighted by Crippen LogP contribution is 2.38. The lowest BCUT2D eigenvalue weighted by atomic mass is 9.89. The molecule has 2 heterocycles. The lowest BCUT2D eigenvalue weighted by molar-refractivity contribution is -0.299. The van der Waals surface area contributed by atoms with Gasteiger partial charge < -0.3 is 9.47 Å². The zero-order valence-corrected chi connectivity index (χ0v) is 9.42. The molecule has 1 spiro atoms. The van der Waals surface area contributed by atoms with Crippen LogP contribution in [0.4, 0.5) is 0 Å². The van der Waals surface area contributed by atoms with E-state index < -0.39 is 0 Å². The molecule has 82 valence electrons. The summed E-state index contributed by atoms with van der Waals surface area (Å²) in [6, 6.07) is 0. The van der Waals surface area contributed by atoms with Gasteiger partial charge in [-0.1, -0.05) is 13.3 Å². The Morgan fingerprint density at radius 3 is 2.71 bits per heavy atom. The molecule has 2 aliphatic rings. The maximum Gasteiger partial charge on any atom is 0.168 e. The Labute approximate surface area is 87.0 Å². The van der Waals surface area contributed by atoms with E-state index in [9.17, 15) is 0 Å². The van der Waals surface area contributed by atoms with E-state index in [1.807, 2.05) is 0 Å². The maximum atomic E-state index is 5.99. The number of hydrogen-bond donors (Lipinski definition) is 0. The van der Waals surface area contributed by atoms with Gasteiger partial charge in [-0.15, -0.1) is 0 Å². The van der Waals surface area contributed by atoms with E-state index in [0.717, 1.165) is 25.4 Å². The molecule has 2 heteroatoms. The summed E-state index contributed by atoms with van der Waals surface area (Å²) in [5, 5.41) is 0. The van der Waals surface area contributed by atoms with Gasteiger partial charge in [0.25, 0.3) is 0 Å². The third-order valence-corrected chi connectivity index (χ3v) is 3.68. The molecule has 2 rings (SSSR count). The molecule has 0 saturated carbocycles. The minimum atomic E-state index is -0.191. The van der Waals surface area contributed by atoms with Crippen molar-refractivity contribution in [3.05, 3.63) is 0 Å². The average molecular weight is 198 g/mol. The SMILES string of the molecule is CCC1CCC2(CCCC(C)O2)OC1. The highest BCUT2D eigenvalue weighted by molar-refractivity contribution is 4.81. The third kappa shape index (κ3) is 2.12. The van der Waals surface area contributed by atoms with Crippen molar-refractivity contribution in [3.8, 4) is 0 Å². The molecule has 2 fully saturated rings. The molecule has 2 aliphatic heterocycles. The molecule has 0 aromatic rings. The summed E-state index contributed by atoms with van der Waals surface area (Å²) >= 11 is 0. The van der Waals surface area contributed by atoms with Crippen LogP contribution < -0.4 is 0 Å². The van der Waals surface area contributed by atoms with Crippen LogP contribution in [0.5, 0.6) is 0 Å². The Balaban J connectivity index is 1.91. The van der Waals surface area contributed by atoms with Gasteiger partial charge in [-0.3, -0.25) is 0 Å². The highest BCUT2D eigenvalue weighted by Gasteiger charge is 2.40. The molecule has 3 unspecified atom stereocenters. The number of rotatable bonds is 1. The first-order chi connectivity index (χ1) is 6.74. The molecule has 0 aromatic carbocycles. The molecule has 3 atom stereocenters. The van der Waals surface area contributed by atoms with Gasteiger partial charge in [-0.25, -0.2) is 0 Å². The Bertz CT molecular complexity index is 183. The van der Waals surface area contributed by atoms with E-state index in [-0.39, 0.29) is 5.79 Å². The quantitative estimate of drug-likeness (QED) is 0.644. The average Bonchev–Trinajstić information content (AvgIpc) is 2.19. The van der Waals surface area contributed by atoms with Gasteiger partial charge in [0.2, 0.25) is 0 Å². The molecule has 0 bridgehead atoms. The minimum Gasteiger partial charge on any atom is -0.350 e. The van der Waals surface area contributed by atoms with Gasteiger partial charge in [0.05, 0.1) is 12.7 Å². The molecule has 0 amide bonds. The van der Waals surface area contributed by atoms with Gasteiger partial charge in [0, 0.05) is 12.8 Å². The molecular formula is C12H22O2. The van der Waals surface area contributed by atoms with Crippen LogP contribution >= 0.6 is 0 Å². The molecule has 0 radical (unpaired) electrons. The van der Waals surface area contributed by atoms with Gasteiger partial charge >= 0.3 is 0 Å². The first-order valence-corrected chi connectivity index (χ1v) is 6.06. The fraction of sp³-hybridized carbons (Fsp3) is 1.00. The van der Waals surface area contributed by atoms with Crippen molar-refractivity contribution in [1.29, 1.82) is 0 Å². The fourth-order valence-corrected chi connectivity index (χ4v) is 2.60. The molecule has 2 saturated heterocycles. The van der Waals surface area contributed by atoms with E-state index in [4.69, 9.17) is 9.47 Å². The van der Waals surface area contributed by atoms with Crippen LogP contribution in [0.25, 0.3) is 0 Å². The van der Waals surface area contributed by atoms with Crippen LogP contribution in [0, 0.1) is 5.92 Å². The van der Waals surface area contributed by atoms with Crippen LogP contribution in [0.15, 0.2) is 0 Å². The third-order valence-electron chi connectivity index (χ3n) is 3.68. The fourth-order valence-electron chi connectivity index (χ4n) is 2.60. The lowest BCUT2D eigenvalue weighted by Gasteiger charge is -2.44. The molecular weight excluding hydrogens is 176 g/mol. The summed E-state index contributed by atoms with van der Waals surface area (Å²) in [6.45, 7) is 5.32. The summed E-state index contributed by atoms with van der Waals surface area (Å²) in [6.07, 6.45) is 7.58. The van der Waals surface area contributed by atoms with Crippen LogP contribution in [0.2, 0.25) is 0 Å². The first-order valence-electron chi connectivity index (χ1n) is 6.06. The van der Waals surface area contributed by atoms with Crippen LogP contribution in [-0.4, -0.2) is 18.5 Å². The zero-order chi connectivity index (χ0) is 10.0. The Kier molecular flexibility index (Phi) is 3.13. The number of ether oxygens (including phenoxy) is 2. The Morgan fingerprint density at radius 2 is 2.14 bits per heavy atom. The second kappa shape index (κ2) is 4.19. The lowest BCUT2D eigenvalue weighted by Crippen LogP contribution is -2.46. The smallest absolute Gasteiger partial charge is 0.168 e. The highest BCUT2D eigenvalue weighted by atomic mass is 16.7. The zero-order valence-electron chi connectivity index (χ0n) is 9.42. The Hall–Kier alpha value is -0.0800. The summed E-state index contributed by atoms with van der Waals surface area (Å²) in [4.78, 5) is 0. The maximum absolute atomic E-state index is 5.99. The second-order valence-electron chi connectivity index (χ2n) is 4.86. The molecule has 2 nitrogen and oxygen atoms in total. The van der Waals surface area contributed by atoms with Crippen LogP contribution in [0.1, 0.15) is 52.4 Å². The van der Waals surface area contributed by atoms with Crippen molar-refractivity contribution in [3.63, 3.8) is 0 Å². The van der Waals surface area contributed by atoms with Gasteiger partial charge in [0.15, 0.2) is 5.79 Å². The molecule has 0 aliphatic carbocycles. The van der Waals surface area contributed by atoms with Crippen molar-refractivity contribution < 1.29 is 9.47 Å². The predicted octanol–water partition coefficient (Wildman–Crippen LogP) is 3.11. The molecule has 0 aromatic heterocycles. The predicted molar refractivity (Wildman–Crippen MR) is 56.1 cm³/mol. The van der Waals surface area contributed by atoms with E-state index >= 15 is 0 Å². The van der Waals surface area contributed by atoms with Crippen molar-refractivity contribution in [2.75, 3.05) is 6.61 Å².